The number of rotatable bonds is 1. The Morgan fingerprint density at radius 2 is 2.10 bits per heavy atom. The number of hydrazine groups is 1. The molecule has 0 aliphatic carbocycles. The summed E-state index contributed by atoms with van der Waals surface area (Å²) in [6.07, 6.45) is 0. The fourth-order valence-electron chi connectivity index (χ4n) is 0.634. The molecule has 0 aliphatic heterocycles. The summed E-state index contributed by atoms with van der Waals surface area (Å²) in [5.74, 6) is 5.15. The summed E-state index contributed by atoms with van der Waals surface area (Å²) in [6, 6.07) is 5.43. The molecule has 0 bridgehead atoms. The average Bonchev–Trinajstić information content (AvgIpc) is 1.95. The standard InChI is InChI=1S/C6H8BrN3/c7-5-2-1-4(10-9)3-6(5)8/h1-3,10H,8-9H2. The van der Waals surface area contributed by atoms with Gasteiger partial charge in [0.25, 0.3) is 0 Å². The maximum Gasteiger partial charge on any atom is 0.0506 e. The molecule has 10 heavy (non-hydrogen) atoms. The van der Waals surface area contributed by atoms with Crippen LogP contribution in [0.25, 0.3) is 0 Å². The molecule has 1 aromatic rings. The van der Waals surface area contributed by atoms with Crippen LogP contribution in [0.2, 0.25) is 0 Å². The van der Waals surface area contributed by atoms with Crippen molar-refractivity contribution in [1.82, 2.24) is 0 Å². The molecule has 0 amide bonds. The van der Waals surface area contributed by atoms with Crippen molar-refractivity contribution in [2.45, 2.75) is 0 Å². The third-order valence-electron chi connectivity index (χ3n) is 1.16. The first-order valence-corrected chi connectivity index (χ1v) is 3.55. The molecule has 4 heteroatoms. The van der Waals surface area contributed by atoms with Crippen molar-refractivity contribution in [2.75, 3.05) is 11.2 Å². The van der Waals surface area contributed by atoms with Crippen LogP contribution in [0.15, 0.2) is 22.7 Å². The number of anilines is 2. The van der Waals surface area contributed by atoms with Crippen molar-refractivity contribution < 1.29 is 0 Å². The molecule has 54 valence electrons. The minimum Gasteiger partial charge on any atom is -0.398 e. The lowest BCUT2D eigenvalue weighted by Gasteiger charge is -2.01. The van der Waals surface area contributed by atoms with Gasteiger partial charge >= 0.3 is 0 Å². The van der Waals surface area contributed by atoms with Crippen LogP contribution < -0.4 is 17.0 Å². The smallest absolute Gasteiger partial charge is 0.0506 e. The van der Waals surface area contributed by atoms with Gasteiger partial charge in [0.1, 0.15) is 0 Å². The molecule has 0 saturated heterocycles. The highest BCUT2D eigenvalue weighted by atomic mass is 79.9. The Morgan fingerprint density at radius 3 is 2.60 bits per heavy atom. The summed E-state index contributed by atoms with van der Waals surface area (Å²) in [6.45, 7) is 0. The topological polar surface area (TPSA) is 64.1 Å². The first-order chi connectivity index (χ1) is 4.74. The Labute approximate surface area is 67.5 Å². The van der Waals surface area contributed by atoms with Gasteiger partial charge in [-0.3, -0.25) is 5.84 Å². The zero-order chi connectivity index (χ0) is 7.56. The summed E-state index contributed by atoms with van der Waals surface area (Å²) >= 11 is 3.26. The zero-order valence-corrected chi connectivity index (χ0v) is 6.85. The predicted octanol–water partition coefficient (Wildman–Crippen LogP) is 1.32. The monoisotopic (exact) mass is 201 g/mol. The van der Waals surface area contributed by atoms with Crippen molar-refractivity contribution >= 4 is 27.3 Å². The summed E-state index contributed by atoms with van der Waals surface area (Å²) in [4.78, 5) is 0. The second kappa shape index (κ2) is 2.90. The Morgan fingerprint density at radius 1 is 1.40 bits per heavy atom. The van der Waals surface area contributed by atoms with Crippen molar-refractivity contribution in [2.24, 2.45) is 5.84 Å². The van der Waals surface area contributed by atoms with Crippen molar-refractivity contribution in [3.05, 3.63) is 22.7 Å². The van der Waals surface area contributed by atoms with Crippen molar-refractivity contribution in [1.29, 1.82) is 0 Å². The van der Waals surface area contributed by atoms with Gasteiger partial charge in [-0.1, -0.05) is 0 Å². The SMILES string of the molecule is NNc1ccc(Br)c(N)c1. The van der Waals surface area contributed by atoms with E-state index in [1.54, 1.807) is 6.07 Å². The van der Waals surface area contributed by atoms with Crippen molar-refractivity contribution in [3.63, 3.8) is 0 Å². The Bertz CT molecular complexity index is 236. The maximum absolute atomic E-state index is 5.55. The average molecular weight is 202 g/mol. The third-order valence-corrected chi connectivity index (χ3v) is 1.88. The molecule has 0 aliphatic rings. The second-order valence-electron chi connectivity index (χ2n) is 1.88. The lowest BCUT2D eigenvalue weighted by molar-refractivity contribution is 1.35. The van der Waals surface area contributed by atoms with E-state index in [2.05, 4.69) is 21.4 Å². The minimum absolute atomic E-state index is 0.676. The fourth-order valence-corrected chi connectivity index (χ4v) is 0.880. The molecule has 0 unspecified atom stereocenters. The van der Waals surface area contributed by atoms with E-state index < -0.39 is 0 Å². The molecule has 5 N–H and O–H groups in total. The molecule has 0 heterocycles. The molecule has 0 aromatic heterocycles. The fraction of sp³-hybridized carbons (Fsp3) is 0. The molecule has 1 aromatic carbocycles. The summed E-state index contributed by atoms with van der Waals surface area (Å²) in [5, 5.41) is 0. The highest BCUT2D eigenvalue weighted by Gasteiger charge is 1.94. The number of halogens is 1. The number of benzene rings is 1. The molecular formula is C6H8BrN3. The molecule has 1 rings (SSSR count). The van der Waals surface area contributed by atoms with Crippen LogP contribution in [-0.2, 0) is 0 Å². The van der Waals surface area contributed by atoms with Gasteiger partial charge in [-0.25, -0.2) is 0 Å². The van der Waals surface area contributed by atoms with Crippen LogP contribution in [0.4, 0.5) is 11.4 Å². The number of nitrogens with one attached hydrogen (secondary N) is 1. The van der Waals surface area contributed by atoms with Crippen LogP contribution in [0.1, 0.15) is 0 Å². The van der Waals surface area contributed by atoms with Crippen LogP contribution in [0, 0.1) is 0 Å². The number of hydrogen-bond acceptors (Lipinski definition) is 3. The van der Waals surface area contributed by atoms with Crippen LogP contribution >= 0.6 is 15.9 Å². The normalized spacial score (nSPS) is 9.40. The van der Waals surface area contributed by atoms with Crippen LogP contribution in [0.3, 0.4) is 0 Å². The van der Waals surface area contributed by atoms with Gasteiger partial charge in [0, 0.05) is 10.2 Å². The van der Waals surface area contributed by atoms with Gasteiger partial charge in [-0.15, -0.1) is 0 Å². The lowest BCUT2D eigenvalue weighted by atomic mass is 10.3. The van der Waals surface area contributed by atoms with E-state index >= 15 is 0 Å². The Balaban J connectivity index is 3.04. The van der Waals surface area contributed by atoms with Gasteiger partial charge < -0.3 is 11.2 Å². The van der Waals surface area contributed by atoms with Gasteiger partial charge in [0.2, 0.25) is 0 Å². The van der Waals surface area contributed by atoms with E-state index in [9.17, 15) is 0 Å². The molecule has 0 fully saturated rings. The number of nitrogens with two attached hydrogens (primary N) is 2. The first-order valence-electron chi connectivity index (χ1n) is 2.75. The van der Waals surface area contributed by atoms with Crippen molar-refractivity contribution in [3.8, 4) is 0 Å². The van der Waals surface area contributed by atoms with Gasteiger partial charge in [-0.05, 0) is 34.1 Å². The molecule has 0 radical (unpaired) electrons. The Kier molecular flexibility index (Phi) is 2.13. The van der Waals surface area contributed by atoms with Gasteiger partial charge in [-0.2, -0.15) is 0 Å². The van der Waals surface area contributed by atoms with Gasteiger partial charge in [0.05, 0.1) is 5.69 Å². The molecule has 0 saturated carbocycles. The first kappa shape index (κ1) is 7.37. The number of hydrogen-bond donors (Lipinski definition) is 3. The van der Waals surface area contributed by atoms with E-state index in [1.807, 2.05) is 12.1 Å². The minimum atomic E-state index is 0.676. The second-order valence-corrected chi connectivity index (χ2v) is 2.73. The van der Waals surface area contributed by atoms with E-state index in [4.69, 9.17) is 11.6 Å². The highest BCUT2D eigenvalue weighted by molar-refractivity contribution is 9.10. The lowest BCUT2D eigenvalue weighted by Crippen LogP contribution is -2.06. The molecule has 3 nitrogen and oxygen atoms in total. The van der Waals surface area contributed by atoms with Gasteiger partial charge in [0.15, 0.2) is 0 Å². The molecular weight excluding hydrogens is 194 g/mol. The van der Waals surface area contributed by atoms with E-state index in [1.165, 1.54) is 0 Å². The summed E-state index contributed by atoms with van der Waals surface area (Å²) < 4.78 is 0.881. The van der Waals surface area contributed by atoms with Crippen LogP contribution in [-0.4, -0.2) is 0 Å². The van der Waals surface area contributed by atoms with Crippen LogP contribution in [0.5, 0.6) is 0 Å². The quantitative estimate of drug-likeness (QED) is 0.365. The summed E-state index contributed by atoms with van der Waals surface area (Å²) in [5.41, 5.74) is 9.53. The molecule has 0 atom stereocenters. The third kappa shape index (κ3) is 1.40. The van der Waals surface area contributed by atoms with E-state index in [0.29, 0.717) is 5.69 Å². The zero-order valence-electron chi connectivity index (χ0n) is 5.26. The largest absolute Gasteiger partial charge is 0.398 e. The number of nitrogen functional groups attached to an aromatic ring is 2. The predicted molar refractivity (Wildman–Crippen MR) is 46.4 cm³/mol. The van der Waals surface area contributed by atoms with E-state index in [0.717, 1.165) is 10.2 Å². The Hall–Kier alpha value is -0.740. The molecule has 0 spiro atoms. The highest BCUT2D eigenvalue weighted by Crippen LogP contribution is 2.21. The summed E-state index contributed by atoms with van der Waals surface area (Å²) in [7, 11) is 0. The maximum atomic E-state index is 5.55. The van der Waals surface area contributed by atoms with E-state index in [-0.39, 0.29) is 0 Å².